The largest absolute Gasteiger partial charge is 0.480 e. The van der Waals surface area contributed by atoms with Crippen LogP contribution in [0.3, 0.4) is 0 Å². The lowest BCUT2D eigenvalue weighted by Crippen LogP contribution is -2.58. The highest BCUT2D eigenvalue weighted by Gasteiger charge is 2.62. The monoisotopic (exact) mass is 463 g/mol. The van der Waals surface area contributed by atoms with Crippen molar-refractivity contribution in [1.82, 2.24) is 5.32 Å². The van der Waals surface area contributed by atoms with Crippen LogP contribution in [0.5, 0.6) is 0 Å². The van der Waals surface area contributed by atoms with Crippen LogP contribution in [-0.4, -0.2) is 45.4 Å². The van der Waals surface area contributed by atoms with Gasteiger partial charge in [0, 0.05) is 6.42 Å². The van der Waals surface area contributed by atoms with Crippen molar-refractivity contribution in [3.8, 4) is 0 Å². The average Bonchev–Trinajstić information content (AvgIpc) is 3.10. The zero-order valence-corrected chi connectivity index (χ0v) is 20.9. The first-order valence-corrected chi connectivity index (χ1v) is 13.4. The lowest BCUT2D eigenvalue weighted by molar-refractivity contribution is -0.174. The molecule has 4 fully saturated rings. The van der Waals surface area contributed by atoms with E-state index in [0.29, 0.717) is 41.9 Å². The Morgan fingerprint density at radius 3 is 2.33 bits per heavy atom. The SMILES string of the molecule is CC(NC(=O)CC[C@@H](C)[C@H]1CC[C@H]2[C@@H]3[C@H](O)C[C@@H]4C[C@H](O)CC[C@]4(C)[C@H]3CC[C@]12C)C(=O)O. The summed E-state index contributed by atoms with van der Waals surface area (Å²) in [6, 6.07) is -0.852. The lowest BCUT2D eigenvalue weighted by Gasteiger charge is -2.62. The molecule has 1 unspecified atom stereocenters. The van der Waals surface area contributed by atoms with Crippen molar-refractivity contribution < 1.29 is 24.9 Å². The van der Waals surface area contributed by atoms with Crippen molar-refractivity contribution in [3.63, 3.8) is 0 Å². The molecule has 4 aliphatic carbocycles. The molecule has 33 heavy (non-hydrogen) atoms. The van der Waals surface area contributed by atoms with E-state index >= 15 is 0 Å². The van der Waals surface area contributed by atoms with Crippen molar-refractivity contribution in [3.05, 3.63) is 0 Å². The summed E-state index contributed by atoms with van der Waals surface area (Å²) in [4.78, 5) is 23.2. The predicted molar refractivity (Wildman–Crippen MR) is 126 cm³/mol. The summed E-state index contributed by atoms with van der Waals surface area (Å²) in [5, 5.41) is 33.2. The molecule has 0 saturated heterocycles. The Bertz CT molecular complexity index is 757. The van der Waals surface area contributed by atoms with E-state index in [9.17, 15) is 19.8 Å². The smallest absolute Gasteiger partial charge is 0.325 e. The van der Waals surface area contributed by atoms with E-state index in [0.717, 1.165) is 51.4 Å². The second-order valence-electron chi connectivity index (χ2n) is 12.6. The molecule has 6 heteroatoms. The van der Waals surface area contributed by atoms with Gasteiger partial charge in [-0.1, -0.05) is 20.8 Å². The zero-order chi connectivity index (χ0) is 24.1. The average molecular weight is 464 g/mol. The Hall–Kier alpha value is -1.14. The number of nitrogens with one attached hydrogen (secondary N) is 1. The number of carbonyl (C=O) groups excluding carboxylic acids is 1. The quantitative estimate of drug-likeness (QED) is 0.477. The molecular weight excluding hydrogens is 418 g/mol. The Morgan fingerprint density at radius 2 is 1.64 bits per heavy atom. The van der Waals surface area contributed by atoms with Gasteiger partial charge in [-0.25, -0.2) is 0 Å². The van der Waals surface area contributed by atoms with Gasteiger partial charge in [0.25, 0.3) is 0 Å². The lowest BCUT2D eigenvalue weighted by atomic mass is 9.43. The van der Waals surface area contributed by atoms with Crippen LogP contribution in [0.1, 0.15) is 91.9 Å². The van der Waals surface area contributed by atoms with E-state index in [2.05, 4.69) is 26.1 Å². The predicted octanol–water partition coefficient (Wildman–Crippen LogP) is 3.98. The summed E-state index contributed by atoms with van der Waals surface area (Å²) in [6.45, 7) is 8.65. The fourth-order valence-electron chi connectivity index (χ4n) is 9.11. The van der Waals surface area contributed by atoms with Gasteiger partial charge in [-0.05, 0) is 111 Å². The molecule has 4 N–H and O–H groups in total. The van der Waals surface area contributed by atoms with Crippen LogP contribution in [0.25, 0.3) is 0 Å². The molecule has 11 atom stereocenters. The van der Waals surface area contributed by atoms with Crippen LogP contribution >= 0.6 is 0 Å². The third-order valence-electron chi connectivity index (χ3n) is 11.0. The number of amides is 1. The number of carboxylic acid groups (broad SMARTS) is 1. The molecule has 0 spiro atoms. The van der Waals surface area contributed by atoms with Crippen molar-refractivity contribution >= 4 is 11.9 Å². The fraction of sp³-hybridized carbons (Fsp3) is 0.926. The van der Waals surface area contributed by atoms with E-state index in [1.165, 1.54) is 13.3 Å². The van der Waals surface area contributed by atoms with Crippen molar-refractivity contribution in [1.29, 1.82) is 0 Å². The fourth-order valence-corrected chi connectivity index (χ4v) is 9.11. The molecular formula is C27H45NO5. The van der Waals surface area contributed by atoms with E-state index in [4.69, 9.17) is 5.11 Å². The first kappa shape index (κ1) is 25.0. The Balaban J connectivity index is 1.43. The minimum Gasteiger partial charge on any atom is -0.480 e. The van der Waals surface area contributed by atoms with Gasteiger partial charge >= 0.3 is 5.97 Å². The molecule has 0 heterocycles. The highest BCUT2D eigenvalue weighted by molar-refractivity contribution is 5.83. The molecule has 0 aromatic rings. The molecule has 4 rings (SSSR count). The third kappa shape index (κ3) is 4.35. The van der Waals surface area contributed by atoms with Crippen LogP contribution in [0.4, 0.5) is 0 Å². The highest BCUT2D eigenvalue weighted by Crippen LogP contribution is 2.68. The van der Waals surface area contributed by atoms with Gasteiger partial charge in [-0.2, -0.15) is 0 Å². The maximum Gasteiger partial charge on any atom is 0.325 e. The minimum absolute atomic E-state index is 0.179. The molecule has 0 radical (unpaired) electrons. The van der Waals surface area contributed by atoms with Gasteiger partial charge in [0.05, 0.1) is 12.2 Å². The van der Waals surface area contributed by atoms with Gasteiger partial charge in [0.1, 0.15) is 6.04 Å². The molecule has 0 aromatic heterocycles. The van der Waals surface area contributed by atoms with Crippen LogP contribution in [-0.2, 0) is 9.59 Å². The van der Waals surface area contributed by atoms with Gasteiger partial charge in [-0.3, -0.25) is 9.59 Å². The second-order valence-corrected chi connectivity index (χ2v) is 12.6. The van der Waals surface area contributed by atoms with Gasteiger partial charge in [0.2, 0.25) is 5.91 Å². The highest BCUT2D eigenvalue weighted by atomic mass is 16.4. The first-order valence-electron chi connectivity index (χ1n) is 13.4. The summed E-state index contributed by atoms with van der Waals surface area (Å²) in [6.07, 6.45) is 9.02. The van der Waals surface area contributed by atoms with Crippen LogP contribution in [0.15, 0.2) is 0 Å². The van der Waals surface area contributed by atoms with Gasteiger partial charge in [0.15, 0.2) is 0 Å². The maximum atomic E-state index is 12.2. The molecule has 1 amide bonds. The number of fused-ring (bicyclic) bond motifs is 5. The summed E-state index contributed by atoms with van der Waals surface area (Å²) in [5.74, 6) is 1.63. The summed E-state index contributed by atoms with van der Waals surface area (Å²) >= 11 is 0. The van der Waals surface area contributed by atoms with E-state index < -0.39 is 12.0 Å². The number of hydrogen-bond acceptors (Lipinski definition) is 4. The number of carboxylic acids is 1. The van der Waals surface area contributed by atoms with E-state index in [1.807, 2.05) is 0 Å². The summed E-state index contributed by atoms with van der Waals surface area (Å²) in [5.41, 5.74) is 0.441. The molecule has 4 saturated carbocycles. The van der Waals surface area contributed by atoms with Crippen LogP contribution in [0.2, 0.25) is 0 Å². The van der Waals surface area contributed by atoms with Crippen molar-refractivity contribution in [2.75, 3.05) is 0 Å². The van der Waals surface area contributed by atoms with E-state index in [-0.39, 0.29) is 28.9 Å². The number of aliphatic hydroxyl groups excluding tert-OH is 2. The Labute approximate surface area is 198 Å². The van der Waals surface area contributed by atoms with Gasteiger partial charge < -0.3 is 20.6 Å². The number of aliphatic hydroxyl groups is 2. The third-order valence-corrected chi connectivity index (χ3v) is 11.0. The van der Waals surface area contributed by atoms with E-state index in [1.54, 1.807) is 0 Å². The van der Waals surface area contributed by atoms with Crippen LogP contribution in [0, 0.1) is 46.3 Å². The molecule has 188 valence electrons. The number of carbonyl (C=O) groups is 2. The van der Waals surface area contributed by atoms with Crippen molar-refractivity contribution in [2.24, 2.45) is 46.3 Å². The molecule has 0 bridgehead atoms. The topological polar surface area (TPSA) is 107 Å². The summed E-state index contributed by atoms with van der Waals surface area (Å²) < 4.78 is 0. The van der Waals surface area contributed by atoms with Crippen LogP contribution < -0.4 is 5.32 Å². The van der Waals surface area contributed by atoms with Gasteiger partial charge in [-0.15, -0.1) is 0 Å². The number of aliphatic carboxylic acids is 1. The molecule has 6 nitrogen and oxygen atoms in total. The Kier molecular flexibility index (Phi) is 6.92. The normalized spacial score (nSPS) is 46.4. The zero-order valence-electron chi connectivity index (χ0n) is 20.9. The standard InChI is InChI=1S/C27H45NO5/c1-15(5-8-23(31)28-16(2)25(32)33)19-6-7-20-24-21(10-12-27(19,20)4)26(3)11-9-18(29)13-17(26)14-22(24)30/h15-22,24,29-30H,5-14H2,1-4H3,(H,28,31)(H,32,33)/t15-,16?,17+,18-,19-,20+,21+,22-,24+,26+,27-/m1/s1. The second kappa shape index (κ2) is 9.14. The molecule has 0 aliphatic heterocycles. The number of rotatable bonds is 6. The molecule has 0 aromatic carbocycles. The minimum atomic E-state index is -1.01. The first-order chi connectivity index (χ1) is 15.5. The Morgan fingerprint density at radius 1 is 0.970 bits per heavy atom. The summed E-state index contributed by atoms with van der Waals surface area (Å²) in [7, 11) is 0. The number of hydrogen-bond donors (Lipinski definition) is 4. The van der Waals surface area contributed by atoms with Crippen molar-refractivity contribution in [2.45, 2.75) is 110 Å². The molecule has 4 aliphatic rings. The maximum absolute atomic E-state index is 12.2.